The van der Waals surface area contributed by atoms with Crippen LogP contribution in [0.15, 0.2) is 79.0 Å². The molecule has 172 valence electrons. The number of nitrogens with zero attached hydrogens (tertiary/aromatic N) is 1. The Morgan fingerprint density at radius 2 is 1.74 bits per heavy atom. The Morgan fingerprint density at radius 1 is 1.00 bits per heavy atom. The van der Waals surface area contributed by atoms with E-state index in [9.17, 15) is 14.0 Å². The zero-order valence-electron chi connectivity index (χ0n) is 18.9. The highest BCUT2D eigenvalue weighted by atomic mass is 19.1. The molecular formula is C27H25FN4O2. The van der Waals surface area contributed by atoms with Crippen LogP contribution in [-0.2, 0) is 0 Å². The van der Waals surface area contributed by atoms with Gasteiger partial charge >= 0.3 is 0 Å². The Kier molecular flexibility index (Phi) is 6.82. The molecule has 0 aliphatic carbocycles. The van der Waals surface area contributed by atoms with Gasteiger partial charge in [-0.05, 0) is 48.7 Å². The quantitative estimate of drug-likeness (QED) is 0.335. The summed E-state index contributed by atoms with van der Waals surface area (Å²) in [5, 5.41) is 5.71. The highest BCUT2D eigenvalue weighted by molar-refractivity contribution is 6.05. The Bertz CT molecular complexity index is 1320. The molecule has 4 aromatic rings. The molecule has 1 unspecified atom stereocenters. The van der Waals surface area contributed by atoms with Crippen LogP contribution in [0.5, 0.6) is 0 Å². The van der Waals surface area contributed by atoms with Gasteiger partial charge < -0.3 is 15.6 Å². The van der Waals surface area contributed by atoms with Crippen molar-refractivity contribution in [3.63, 3.8) is 0 Å². The number of nitrogens with one attached hydrogen (secondary N) is 3. The lowest BCUT2D eigenvalue weighted by atomic mass is 10.1. The number of amides is 2. The molecule has 0 aliphatic heterocycles. The molecule has 34 heavy (non-hydrogen) atoms. The maximum atomic E-state index is 14.0. The van der Waals surface area contributed by atoms with Gasteiger partial charge in [0.1, 0.15) is 11.6 Å². The first kappa shape index (κ1) is 22.9. The van der Waals surface area contributed by atoms with E-state index >= 15 is 0 Å². The van der Waals surface area contributed by atoms with Crippen molar-refractivity contribution >= 4 is 17.5 Å². The van der Waals surface area contributed by atoms with Gasteiger partial charge in [-0.25, -0.2) is 9.37 Å². The summed E-state index contributed by atoms with van der Waals surface area (Å²) in [7, 11) is 0. The van der Waals surface area contributed by atoms with Crippen molar-refractivity contribution in [2.75, 3.05) is 5.32 Å². The first-order chi connectivity index (χ1) is 16.5. The normalized spacial score (nSPS) is 11.6. The maximum absolute atomic E-state index is 14.0. The summed E-state index contributed by atoms with van der Waals surface area (Å²) in [4.78, 5) is 33.3. The number of benzene rings is 3. The fourth-order valence-electron chi connectivity index (χ4n) is 3.62. The van der Waals surface area contributed by atoms with Gasteiger partial charge in [0.15, 0.2) is 0 Å². The minimum absolute atomic E-state index is 0.0603. The topological polar surface area (TPSA) is 86.9 Å². The molecule has 6 nitrogen and oxygen atoms in total. The van der Waals surface area contributed by atoms with E-state index in [1.54, 1.807) is 37.4 Å². The summed E-state index contributed by atoms with van der Waals surface area (Å²) >= 11 is 0. The van der Waals surface area contributed by atoms with Crippen LogP contribution in [0.3, 0.4) is 0 Å². The molecule has 0 bridgehead atoms. The Morgan fingerprint density at radius 3 is 2.47 bits per heavy atom. The van der Waals surface area contributed by atoms with Crippen molar-refractivity contribution in [2.24, 2.45) is 0 Å². The van der Waals surface area contributed by atoms with Crippen molar-refractivity contribution in [3.8, 4) is 11.3 Å². The van der Waals surface area contributed by atoms with E-state index in [4.69, 9.17) is 0 Å². The molecule has 0 saturated carbocycles. The zero-order valence-corrected chi connectivity index (χ0v) is 18.9. The smallest absolute Gasteiger partial charge is 0.258 e. The van der Waals surface area contributed by atoms with Crippen LogP contribution in [0.2, 0.25) is 0 Å². The van der Waals surface area contributed by atoms with Crippen LogP contribution in [0.25, 0.3) is 11.3 Å². The summed E-state index contributed by atoms with van der Waals surface area (Å²) in [6.45, 7) is 3.77. The van der Waals surface area contributed by atoms with Crippen molar-refractivity contribution in [3.05, 3.63) is 107 Å². The number of H-pyrrole nitrogens is 1. The van der Waals surface area contributed by atoms with E-state index in [1.807, 2.05) is 37.3 Å². The number of hydrogen-bond donors (Lipinski definition) is 3. The van der Waals surface area contributed by atoms with Crippen molar-refractivity contribution in [2.45, 2.75) is 26.3 Å². The standard InChI is InChI=1S/C27H25FN4O2/c1-3-22(25-29-16-24(30-25)18-9-5-4-6-10-18)31-26(33)19-14-13-17(2)23(15-19)32-27(34)20-11-7-8-12-21(20)28/h4-16,22H,3H2,1-2H3,(H,29,30)(H,31,33)(H,32,34). The second-order valence-corrected chi connectivity index (χ2v) is 7.95. The van der Waals surface area contributed by atoms with Gasteiger partial charge in [-0.1, -0.05) is 55.5 Å². The number of imidazole rings is 1. The Labute approximate surface area is 197 Å². The SMILES string of the molecule is CCC(NC(=O)c1ccc(C)c(NC(=O)c2ccccc2F)c1)c1ncc(-c2ccccc2)[nH]1. The summed E-state index contributed by atoms with van der Waals surface area (Å²) in [6.07, 6.45) is 2.39. The molecule has 2 amide bonds. The number of rotatable bonds is 7. The highest BCUT2D eigenvalue weighted by Gasteiger charge is 2.19. The molecule has 7 heteroatoms. The number of aryl methyl sites for hydroxylation is 1. The largest absolute Gasteiger partial charge is 0.342 e. The number of carbonyl (C=O) groups is 2. The van der Waals surface area contributed by atoms with Crippen LogP contribution < -0.4 is 10.6 Å². The molecule has 0 radical (unpaired) electrons. The fraction of sp³-hybridized carbons (Fsp3) is 0.148. The average molecular weight is 457 g/mol. The fourth-order valence-corrected chi connectivity index (χ4v) is 3.62. The third-order valence-corrected chi connectivity index (χ3v) is 5.59. The van der Waals surface area contributed by atoms with E-state index in [2.05, 4.69) is 20.6 Å². The molecule has 3 aromatic carbocycles. The van der Waals surface area contributed by atoms with E-state index in [0.717, 1.165) is 16.8 Å². The van der Waals surface area contributed by atoms with Gasteiger partial charge in [0.25, 0.3) is 11.8 Å². The van der Waals surface area contributed by atoms with Crippen LogP contribution in [0.4, 0.5) is 10.1 Å². The third kappa shape index (κ3) is 5.04. The van der Waals surface area contributed by atoms with Gasteiger partial charge in [-0.2, -0.15) is 0 Å². The lowest BCUT2D eigenvalue weighted by Crippen LogP contribution is -2.29. The van der Waals surface area contributed by atoms with Gasteiger partial charge in [0, 0.05) is 11.3 Å². The van der Waals surface area contributed by atoms with E-state index in [-0.39, 0.29) is 17.5 Å². The second-order valence-electron chi connectivity index (χ2n) is 7.95. The van der Waals surface area contributed by atoms with Crippen LogP contribution in [0, 0.1) is 12.7 Å². The average Bonchev–Trinajstić information content (AvgIpc) is 3.34. The molecule has 0 aliphatic rings. The third-order valence-electron chi connectivity index (χ3n) is 5.59. The summed E-state index contributed by atoms with van der Waals surface area (Å²) < 4.78 is 14.0. The Hall–Kier alpha value is -4.26. The summed E-state index contributed by atoms with van der Waals surface area (Å²) in [6, 6.07) is 20.3. The molecule has 4 rings (SSSR count). The van der Waals surface area contributed by atoms with Gasteiger partial charge in [-0.15, -0.1) is 0 Å². The second kappa shape index (κ2) is 10.1. The molecule has 0 fully saturated rings. The van der Waals surface area contributed by atoms with Crippen LogP contribution in [-0.4, -0.2) is 21.8 Å². The van der Waals surface area contributed by atoms with E-state index in [1.165, 1.54) is 18.2 Å². The number of carbonyl (C=O) groups excluding carboxylic acids is 2. The summed E-state index contributed by atoms with van der Waals surface area (Å²) in [5.74, 6) is -0.819. The highest BCUT2D eigenvalue weighted by Crippen LogP contribution is 2.22. The van der Waals surface area contributed by atoms with Gasteiger partial charge in [-0.3, -0.25) is 9.59 Å². The van der Waals surface area contributed by atoms with Crippen LogP contribution >= 0.6 is 0 Å². The number of aromatic nitrogens is 2. The molecule has 3 N–H and O–H groups in total. The molecule has 0 saturated heterocycles. The predicted octanol–water partition coefficient (Wildman–Crippen LogP) is 5.66. The first-order valence-electron chi connectivity index (χ1n) is 11.0. The molecular weight excluding hydrogens is 431 g/mol. The van der Waals surface area contributed by atoms with Gasteiger partial charge in [0.2, 0.25) is 0 Å². The molecule has 0 spiro atoms. The van der Waals surface area contributed by atoms with Gasteiger partial charge in [0.05, 0.1) is 23.5 Å². The zero-order chi connectivity index (χ0) is 24.1. The van der Waals surface area contributed by atoms with Crippen molar-refractivity contribution in [1.82, 2.24) is 15.3 Å². The Balaban J connectivity index is 1.50. The summed E-state index contributed by atoms with van der Waals surface area (Å²) in [5.41, 5.74) is 3.40. The lowest BCUT2D eigenvalue weighted by molar-refractivity contribution is 0.0932. The molecule has 1 aromatic heterocycles. The molecule has 1 heterocycles. The van der Waals surface area contributed by atoms with Crippen molar-refractivity contribution in [1.29, 1.82) is 0 Å². The predicted molar refractivity (Wildman–Crippen MR) is 130 cm³/mol. The number of anilines is 1. The monoisotopic (exact) mass is 456 g/mol. The molecule has 1 atom stereocenters. The van der Waals surface area contributed by atoms with Crippen LogP contribution in [0.1, 0.15) is 51.5 Å². The first-order valence-corrected chi connectivity index (χ1v) is 11.0. The lowest BCUT2D eigenvalue weighted by Gasteiger charge is -2.16. The number of hydrogen-bond acceptors (Lipinski definition) is 3. The van der Waals surface area contributed by atoms with Crippen molar-refractivity contribution < 1.29 is 14.0 Å². The number of aromatic amines is 1. The minimum Gasteiger partial charge on any atom is -0.342 e. The minimum atomic E-state index is -0.606. The number of halogens is 1. The maximum Gasteiger partial charge on any atom is 0.258 e. The van der Waals surface area contributed by atoms with E-state index in [0.29, 0.717) is 23.5 Å². The van der Waals surface area contributed by atoms with E-state index < -0.39 is 11.7 Å².